The van der Waals surface area contributed by atoms with Crippen LogP contribution in [0.15, 0.2) is 18.2 Å². The maximum Gasteiger partial charge on any atom is 0.254 e. The third-order valence-electron chi connectivity index (χ3n) is 2.57. The summed E-state index contributed by atoms with van der Waals surface area (Å²) in [6, 6.07) is 3.28. The highest BCUT2D eigenvalue weighted by Gasteiger charge is 2.18. The number of nitrogens with two attached hydrogens (primary N) is 1. The zero-order valence-electron chi connectivity index (χ0n) is 10.5. The van der Waals surface area contributed by atoms with Gasteiger partial charge in [-0.3, -0.25) is 4.79 Å². The maximum atomic E-state index is 13.4. The molecule has 0 aliphatic heterocycles. The molecule has 0 radical (unpaired) electrons. The van der Waals surface area contributed by atoms with Crippen LogP contribution < -0.4 is 11.1 Å². The first kappa shape index (κ1) is 14.6. The molecule has 100 valence electrons. The summed E-state index contributed by atoms with van der Waals surface area (Å²) in [5.41, 5.74) is 5.24. The van der Waals surface area contributed by atoms with E-state index in [-0.39, 0.29) is 18.2 Å². The fourth-order valence-electron chi connectivity index (χ4n) is 1.73. The average Bonchev–Trinajstić information content (AvgIpc) is 2.31. The van der Waals surface area contributed by atoms with Gasteiger partial charge in [0.05, 0.1) is 5.56 Å². The Balaban J connectivity index is 2.78. The summed E-state index contributed by atoms with van der Waals surface area (Å²) in [5.74, 6) is -2.44. The van der Waals surface area contributed by atoms with Gasteiger partial charge in [-0.25, -0.2) is 8.78 Å². The van der Waals surface area contributed by atoms with E-state index < -0.39 is 17.5 Å². The Morgan fingerprint density at radius 3 is 2.61 bits per heavy atom. The van der Waals surface area contributed by atoms with Gasteiger partial charge in [0, 0.05) is 12.6 Å². The van der Waals surface area contributed by atoms with E-state index in [9.17, 15) is 13.6 Å². The molecule has 0 aromatic heterocycles. The van der Waals surface area contributed by atoms with Gasteiger partial charge in [-0.05, 0) is 24.5 Å². The van der Waals surface area contributed by atoms with E-state index >= 15 is 0 Å². The average molecular weight is 256 g/mol. The third-order valence-corrected chi connectivity index (χ3v) is 2.57. The second kappa shape index (κ2) is 6.44. The van der Waals surface area contributed by atoms with Crippen molar-refractivity contribution < 1.29 is 13.6 Å². The first-order valence-corrected chi connectivity index (χ1v) is 5.90. The number of hydrogen-bond donors (Lipinski definition) is 2. The van der Waals surface area contributed by atoms with Crippen LogP contribution in [0.5, 0.6) is 0 Å². The van der Waals surface area contributed by atoms with Crippen LogP contribution in [0.3, 0.4) is 0 Å². The van der Waals surface area contributed by atoms with Crippen molar-refractivity contribution in [3.05, 3.63) is 35.4 Å². The van der Waals surface area contributed by atoms with Crippen molar-refractivity contribution >= 4 is 5.91 Å². The predicted molar refractivity (Wildman–Crippen MR) is 66.1 cm³/mol. The van der Waals surface area contributed by atoms with E-state index in [1.54, 1.807) is 0 Å². The molecule has 0 bridgehead atoms. The fraction of sp³-hybridized carbons (Fsp3) is 0.462. The van der Waals surface area contributed by atoms with Crippen LogP contribution in [-0.4, -0.2) is 18.5 Å². The highest BCUT2D eigenvalue weighted by Crippen LogP contribution is 2.12. The minimum absolute atomic E-state index is 0.236. The number of nitrogens with one attached hydrogen (secondary N) is 1. The van der Waals surface area contributed by atoms with Gasteiger partial charge in [0.1, 0.15) is 0 Å². The molecule has 0 saturated heterocycles. The Hall–Kier alpha value is -1.49. The van der Waals surface area contributed by atoms with E-state index in [2.05, 4.69) is 5.32 Å². The first-order chi connectivity index (χ1) is 8.45. The van der Waals surface area contributed by atoms with Crippen molar-refractivity contribution in [3.63, 3.8) is 0 Å². The predicted octanol–water partition coefficient (Wildman–Crippen LogP) is 2.07. The van der Waals surface area contributed by atoms with Crippen LogP contribution >= 0.6 is 0 Å². The molecular formula is C13H18F2N2O. The molecule has 0 spiro atoms. The summed E-state index contributed by atoms with van der Waals surface area (Å²) < 4.78 is 26.4. The topological polar surface area (TPSA) is 55.1 Å². The van der Waals surface area contributed by atoms with Gasteiger partial charge < -0.3 is 11.1 Å². The molecule has 0 heterocycles. The largest absolute Gasteiger partial charge is 0.348 e. The smallest absolute Gasteiger partial charge is 0.254 e. The van der Waals surface area contributed by atoms with Crippen LogP contribution in [0.25, 0.3) is 0 Å². The van der Waals surface area contributed by atoms with Crippen LogP contribution in [-0.2, 0) is 0 Å². The normalized spacial score (nSPS) is 12.6. The van der Waals surface area contributed by atoms with Crippen molar-refractivity contribution in [1.82, 2.24) is 5.32 Å². The minimum atomic E-state index is -1.13. The second-order valence-corrected chi connectivity index (χ2v) is 4.64. The molecule has 3 N–H and O–H groups in total. The molecule has 0 aliphatic rings. The van der Waals surface area contributed by atoms with E-state index in [1.165, 1.54) is 12.1 Å². The summed E-state index contributed by atoms with van der Waals surface area (Å²) in [6.45, 7) is 4.26. The summed E-state index contributed by atoms with van der Waals surface area (Å²) in [5, 5.41) is 2.61. The van der Waals surface area contributed by atoms with E-state index in [4.69, 9.17) is 5.73 Å². The molecule has 1 aromatic rings. The molecular weight excluding hydrogens is 238 g/mol. The molecule has 3 nitrogen and oxygen atoms in total. The Bertz CT molecular complexity index is 421. The standard InChI is InChI=1S/C13H18F2N2O/c1-8(2)6-9(7-16)17-13(18)10-4-3-5-11(14)12(10)15/h3-5,8-9H,6-7,16H2,1-2H3,(H,17,18). The van der Waals surface area contributed by atoms with Crippen molar-refractivity contribution in [2.45, 2.75) is 26.3 Å². The lowest BCUT2D eigenvalue weighted by Gasteiger charge is -2.19. The fourth-order valence-corrected chi connectivity index (χ4v) is 1.73. The Morgan fingerprint density at radius 1 is 1.39 bits per heavy atom. The zero-order chi connectivity index (χ0) is 13.7. The van der Waals surface area contributed by atoms with Crippen molar-refractivity contribution in [2.75, 3.05) is 6.54 Å². The molecule has 0 fully saturated rings. The van der Waals surface area contributed by atoms with Crippen LogP contribution in [0.1, 0.15) is 30.6 Å². The van der Waals surface area contributed by atoms with Crippen LogP contribution in [0, 0.1) is 17.6 Å². The first-order valence-electron chi connectivity index (χ1n) is 5.90. The highest BCUT2D eigenvalue weighted by molar-refractivity contribution is 5.94. The van der Waals surface area contributed by atoms with E-state index in [0.717, 1.165) is 6.07 Å². The Labute approximate surface area is 105 Å². The number of carbonyl (C=O) groups is 1. The lowest BCUT2D eigenvalue weighted by molar-refractivity contribution is 0.0928. The molecule has 0 saturated carbocycles. The molecule has 1 amide bonds. The van der Waals surface area contributed by atoms with Gasteiger partial charge in [0.25, 0.3) is 5.91 Å². The van der Waals surface area contributed by atoms with Crippen molar-refractivity contribution in [3.8, 4) is 0 Å². The van der Waals surface area contributed by atoms with Gasteiger partial charge in [-0.15, -0.1) is 0 Å². The zero-order valence-corrected chi connectivity index (χ0v) is 10.5. The van der Waals surface area contributed by atoms with Crippen LogP contribution in [0.2, 0.25) is 0 Å². The maximum absolute atomic E-state index is 13.4. The Kier molecular flexibility index (Phi) is 5.22. The van der Waals surface area contributed by atoms with E-state index in [1.807, 2.05) is 13.8 Å². The number of hydrogen-bond acceptors (Lipinski definition) is 2. The molecule has 0 aliphatic carbocycles. The van der Waals surface area contributed by atoms with Gasteiger partial charge >= 0.3 is 0 Å². The third kappa shape index (κ3) is 3.77. The van der Waals surface area contributed by atoms with Gasteiger partial charge in [-0.2, -0.15) is 0 Å². The lowest BCUT2D eigenvalue weighted by Crippen LogP contribution is -2.41. The number of halogens is 2. The summed E-state index contributed by atoms with van der Waals surface area (Å²) >= 11 is 0. The molecule has 5 heteroatoms. The summed E-state index contributed by atoms with van der Waals surface area (Å²) in [6.07, 6.45) is 0.694. The molecule has 1 unspecified atom stereocenters. The molecule has 1 aromatic carbocycles. The highest BCUT2D eigenvalue weighted by atomic mass is 19.2. The number of amides is 1. The van der Waals surface area contributed by atoms with Gasteiger partial charge in [0.2, 0.25) is 0 Å². The van der Waals surface area contributed by atoms with Crippen molar-refractivity contribution in [1.29, 1.82) is 0 Å². The number of rotatable bonds is 5. The monoisotopic (exact) mass is 256 g/mol. The van der Waals surface area contributed by atoms with Crippen molar-refractivity contribution in [2.24, 2.45) is 11.7 Å². The quantitative estimate of drug-likeness (QED) is 0.847. The lowest BCUT2D eigenvalue weighted by atomic mass is 10.0. The minimum Gasteiger partial charge on any atom is -0.348 e. The SMILES string of the molecule is CC(C)CC(CN)NC(=O)c1cccc(F)c1F. The summed E-state index contributed by atoms with van der Waals surface area (Å²) in [7, 11) is 0. The number of benzene rings is 1. The molecule has 18 heavy (non-hydrogen) atoms. The van der Waals surface area contributed by atoms with E-state index in [0.29, 0.717) is 12.3 Å². The van der Waals surface area contributed by atoms with Gasteiger partial charge in [0.15, 0.2) is 11.6 Å². The molecule has 1 rings (SSSR count). The molecule has 1 atom stereocenters. The van der Waals surface area contributed by atoms with Gasteiger partial charge in [-0.1, -0.05) is 19.9 Å². The Morgan fingerprint density at radius 2 is 2.06 bits per heavy atom. The second-order valence-electron chi connectivity index (χ2n) is 4.64. The number of carbonyl (C=O) groups excluding carboxylic acids is 1. The van der Waals surface area contributed by atoms with Crippen LogP contribution in [0.4, 0.5) is 8.78 Å². The summed E-state index contributed by atoms with van der Waals surface area (Å²) in [4.78, 5) is 11.8.